The van der Waals surface area contributed by atoms with Crippen molar-refractivity contribution in [3.05, 3.63) is 51.4 Å². The van der Waals surface area contributed by atoms with Crippen molar-refractivity contribution in [2.75, 3.05) is 5.32 Å². The standard InChI is InChI=1S/C17H19NO3S/c1-4-5-13-11(3)14(17(20)21)16(22-13)18-15(19)12-8-6-10(2)7-9-12/h6-9H,4-5H2,1-3H3,(H,18,19)(H,20,21). The summed E-state index contributed by atoms with van der Waals surface area (Å²) in [6, 6.07) is 7.18. The van der Waals surface area contributed by atoms with Crippen LogP contribution in [0.15, 0.2) is 24.3 Å². The Morgan fingerprint density at radius 1 is 1.18 bits per heavy atom. The predicted octanol–water partition coefficient (Wildman–Crippen LogP) is 4.27. The molecule has 0 spiro atoms. The highest BCUT2D eigenvalue weighted by Crippen LogP contribution is 2.34. The van der Waals surface area contributed by atoms with Crippen LogP contribution >= 0.6 is 11.3 Å². The molecule has 0 aliphatic heterocycles. The Morgan fingerprint density at radius 2 is 1.82 bits per heavy atom. The molecule has 4 nitrogen and oxygen atoms in total. The van der Waals surface area contributed by atoms with Crippen LogP contribution in [0.4, 0.5) is 5.00 Å². The van der Waals surface area contributed by atoms with Gasteiger partial charge in [0.05, 0.1) is 5.56 Å². The minimum atomic E-state index is -1.00. The third-order valence-corrected chi connectivity index (χ3v) is 4.74. The van der Waals surface area contributed by atoms with Gasteiger partial charge in [0.25, 0.3) is 5.91 Å². The van der Waals surface area contributed by atoms with E-state index < -0.39 is 5.97 Å². The molecule has 22 heavy (non-hydrogen) atoms. The number of thiophene rings is 1. The van der Waals surface area contributed by atoms with Crippen LogP contribution in [0.3, 0.4) is 0 Å². The summed E-state index contributed by atoms with van der Waals surface area (Å²) in [6.45, 7) is 5.79. The number of carbonyl (C=O) groups excluding carboxylic acids is 1. The van der Waals surface area contributed by atoms with Gasteiger partial charge in [0.2, 0.25) is 0 Å². The number of hydrogen-bond acceptors (Lipinski definition) is 3. The van der Waals surface area contributed by atoms with Crippen LogP contribution in [0.1, 0.15) is 50.1 Å². The molecule has 2 aromatic rings. The highest BCUT2D eigenvalue weighted by atomic mass is 32.1. The number of carboxylic acids is 1. The zero-order valence-corrected chi connectivity index (χ0v) is 13.7. The Balaban J connectivity index is 2.32. The van der Waals surface area contributed by atoms with Crippen LogP contribution in [0.25, 0.3) is 0 Å². The van der Waals surface area contributed by atoms with Crippen molar-refractivity contribution in [3.8, 4) is 0 Å². The van der Waals surface area contributed by atoms with E-state index in [-0.39, 0.29) is 11.5 Å². The van der Waals surface area contributed by atoms with Gasteiger partial charge in [-0.05, 0) is 38.0 Å². The summed E-state index contributed by atoms with van der Waals surface area (Å²) in [6.07, 6.45) is 1.75. The van der Waals surface area contributed by atoms with Crippen LogP contribution in [0.5, 0.6) is 0 Å². The van der Waals surface area contributed by atoms with Gasteiger partial charge in [0.15, 0.2) is 0 Å². The average Bonchev–Trinajstić information content (AvgIpc) is 2.76. The lowest BCUT2D eigenvalue weighted by Gasteiger charge is -2.05. The summed E-state index contributed by atoms with van der Waals surface area (Å²) in [7, 11) is 0. The second-order valence-electron chi connectivity index (χ2n) is 5.23. The van der Waals surface area contributed by atoms with Crippen molar-refractivity contribution in [1.82, 2.24) is 0 Å². The number of carboxylic acid groups (broad SMARTS) is 1. The summed E-state index contributed by atoms with van der Waals surface area (Å²) in [4.78, 5) is 24.8. The van der Waals surface area contributed by atoms with Crippen LogP contribution in [-0.4, -0.2) is 17.0 Å². The molecule has 0 unspecified atom stereocenters. The third kappa shape index (κ3) is 3.36. The van der Waals surface area contributed by atoms with Gasteiger partial charge in [-0.25, -0.2) is 4.79 Å². The van der Waals surface area contributed by atoms with Crippen LogP contribution < -0.4 is 5.32 Å². The van der Waals surface area contributed by atoms with Gasteiger partial charge < -0.3 is 10.4 Å². The third-order valence-electron chi connectivity index (χ3n) is 3.48. The van der Waals surface area contributed by atoms with Crippen molar-refractivity contribution < 1.29 is 14.7 Å². The second kappa shape index (κ2) is 6.75. The molecule has 116 valence electrons. The van der Waals surface area contributed by atoms with E-state index in [1.807, 2.05) is 26.0 Å². The number of carbonyl (C=O) groups is 2. The molecule has 1 heterocycles. The number of anilines is 1. The van der Waals surface area contributed by atoms with Crippen molar-refractivity contribution in [3.63, 3.8) is 0 Å². The summed E-state index contributed by atoms with van der Waals surface area (Å²) in [5.74, 6) is -1.29. The molecule has 1 amide bonds. The maximum absolute atomic E-state index is 12.3. The molecule has 2 N–H and O–H groups in total. The number of nitrogens with one attached hydrogen (secondary N) is 1. The molecule has 0 radical (unpaired) electrons. The first-order valence-corrected chi connectivity index (χ1v) is 7.99. The fourth-order valence-corrected chi connectivity index (χ4v) is 3.55. The molecule has 1 aromatic carbocycles. The van der Waals surface area contributed by atoms with Crippen LogP contribution in [0, 0.1) is 13.8 Å². The Bertz CT molecular complexity index is 701. The normalized spacial score (nSPS) is 10.5. The minimum Gasteiger partial charge on any atom is -0.478 e. The van der Waals surface area contributed by atoms with E-state index >= 15 is 0 Å². The lowest BCUT2D eigenvalue weighted by Crippen LogP contribution is -2.13. The first-order valence-electron chi connectivity index (χ1n) is 7.17. The molecule has 0 saturated heterocycles. The maximum atomic E-state index is 12.3. The Labute approximate surface area is 133 Å². The van der Waals surface area contributed by atoms with Gasteiger partial charge >= 0.3 is 5.97 Å². The van der Waals surface area contributed by atoms with Gasteiger partial charge in [-0.2, -0.15) is 0 Å². The lowest BCUT2D eigenvalue weighted by atomic mass is 10.1. The fraction of sp³-hybridized carbons (Fsp3) is 0.294. The van der Waals surface area contributed by atoms with Gasteiger partial charge in [-0.1, -0.05) is 31.0 Å². The fourth-order valence-electron chi connectivity index (χ4n) is 2.25. The molecule has 0 bridgehead atoms. The van der Waals surface area contributed by atoms with Crippen molar-refractivity contribution >= 4 is 28.2 Å². The van der Waals surface area contributed by atoms with Gasteiger partial charge in [-0.15, -0.1) is 11.3 Å². The number of benzene rings is 1. The molecule has 2 rings (SSSR count). The van der Waals surface area contributed by atoms with Crippen LogP contribution in [0.2, 0.25) is 0 Å². The average molecular weight is 317 g/mol. The SMILES string of the molecule is CCCc1sc(NC(=O)c2ccc(C)cc2)c(C(=O)O)c1C. The highest BCUT2D eigenvalue weighted by Gasteiger charge is 2.21. The largest absolute Gasteiger partial charge is 0.478 e. The van der Waals surface area contributed by atoms with E-state index in [4.69, 9.17) is 0 Å². The molecule has 0 saturated carbocycles. The summed E-state index contributed by atoms with van der Waals surface area (Å²) >= 11 is 1.35. The Morgan fingerprint density at radius 3 is 2.36 bits per heavy atom. The van der Waals surface area contributed by atoms with E-state index in [0.29, 0.717) is 10.6 Å². The smallest absolute Gasteiger partial charge is 0.338 e. The van der Waals surface area contributed by atoms with Crippen LogP contribution in [-0.2, 0) is 6.42 Å². The van der Waals surface area contributed by atoms with Gasteiger partial charge in [0.1, 0.15) is 5.00 Å². The number of rotatable bonds is 5. The van der Waals surface area contributed by atoms with Gasteiger partial charge in [-0.3, -0.25) is 4.79 Å². The highest BCUT2D eigenvalue weighted by molar-refractivity contribution is 7.17. The maximum Gasteiger partial charge on any atom is 0.338 e. The van der Waals surface area contributed by atoms with E-state index in [9.17, 15) is 14.7 Å². The number of amides is 1. The molecular formula is C17H19NO3S. The molecular weight excluding hydrogens is 298 g/mol. The van der Waals surface area contributed by atoms with E-state index in [1.54, 1.807) is 19.1 Å². The van der Waals surface area contributed by atoms with E-state index in [2.05, 4.69) is 5.32 Å². The molecule has 1 aromatic heterocycles. The zero-order valence-electron chi connectivity index (χ0n) is 12.9. The lowest BCUT2D eigenvalue weighted by molar-refractivity contribution is 0.0697. The second-order valence-corrected chi connectivity index (χ2v) is 6.33. The van der Waals surface area contributed by atoms with Crippen molar-refractivity contribution in [1.29, 1.82) is 0 Å². The zero-order chi connectivity index (χ0) is 16.3. The minimum absolute atomic E-state index is 0.203. The number of aryl methyl sites for hydroxylation is 2. The number of aromatic carboxylic acids is 1. The number of hydrogen-bond donors (Lipinski definition) is 2. The molecule has 5 heteroatoms. The quantitative estimate of drug-likeness (QED) is 0.865. The first-order chi connectivity index (χ1) is 10.4. The van der Waals surface area contributed by atoms with Crippen molar-refractivity contribution in [2.24, 2.45) is 0 Å². The molecule has 0 aliphatic rings. The Kier molecular flexibility index (Phi) is 4.98. The summed E-state index contributed by atoms with van der Waals surface area (Å²) in [5.41, 5.74) is 2.54. The Hall–Kier alpha value is -2.14. The van der Waals surface area contributed by atoms with E-state index in [1.165, 1.54) is 11.3 Å². The predicted molar refractivity (Wildman–Crippen MR) is 89.1 cm³/mol. The summed E-state index contributed by atoms with van der Waals surface area (Å²) in [5, 5.41) is 12.6. The molecule has 0 fully saturated rings. The van der Waals surface area contributed by atoms with Gasteiger partial charge in [0, 0.05) is 10.4 Å². The first kappa shape index (κ1) is 16.2. The topological polar surface area (TPSA) is 66.4 Å². The summed E-state index contributed by atoms with van der Waals surface area (Å²) < 4.78 is 0. The molecule has 0 atom stereocenters. The molecule has 0 aliphatic carbocycles. The van der Waals surface area contributed by atoms with E-state index in [0.717, 1.165) is 28.8 Å². The van der Waals surface area contributed by atoms with Crippen molar-refractivity contribution in [2.45, 2.75) is 33.6 Å². The monoisotopic (exact) mass is 317 g/mol.